The van der Waals surface area contributed by atoms with E-state index in [0.29, 0.717) is 17.1 Å². The van der Waals surface area contributed by atoms with Gasteiger partial charge in [-0.1, -0.05) is 17.7 Å². The highest BCUT2D eigenvalue weighted by molar-refractivity contribution is 6.31. The molecule has 1 aliphatic rings. The van der Waals surface area contributed by atoms with Crippen molar-refractivity contribution in [1.82, 2.24) is 4.90 Å². The highest BCUT2D eigenvalue weighted by Crippen LogP contribution is 2.26. The third-order valence-corrected chi connectivity index (χ3v) is 4.41. The zero-order valence-corrected chi connectivity index (χ0v) is 12.2. The fourth-order valence-corrected chi connectivity index (χ4v) is 2.78. The van der Waals surface area contributed by atoms with Crippen molar-refractivity contribution >= 4 is 17.5 Å². The number of benzene rings is 1. The Morgan fingerprint density at radius 3 is 2.89 bits per heavy atom. The van der Waals surface area contributed by atoms with Crippen LogP contribution in [0.5, 0.6) is 0 Å². The van der Waals surface area contributed by atoms with Gasteiger partial charge >= 0.3 is 0 Å². The summed E-state index contributed by atoms with van der Waals surface area (Å²) in [6, 6.07) is 5.64. The zero-order chi connectivity index (χ0) is 14.0. The van der Waals surface area contributed by atoms with Crippen molar-refractivity contribution in [3.8, 4) is 0 Å². The number of rotatable bonds is 2. The molecule has 2 rings (SSSR count). The molecule has 1 aliphatic heterocycles. The molecular weight excluding hydrogens is 262 g/mol. The van der Waals surface area contributed by atoms with E-state index in [4.69, 9.17) is 11.6 Å². The molecule has 0 unspecified atom stereocenters. The Balaban J connectivity index is 2.24. The molecular formula is C15H20ClNO2. The molecule has 0 saturated carbocycles. The van der Waals surface area contributed by atoms with Crippen molar-refractivity contribution in [2.45, 2.75) is 32.7 Å². The number of piperidine rings is 1. The van der Waals surface area contributed by atoms with Crippen molar-refractivity contribution in [3.05, 3.63) is 34.3 Å². The molecule has 1 aromatic rings. The summed E-state index contributed by atoms with van der Waals surface area (Å²) in [4.78, 5) is 14.5. The van der Waals surface area contributed by atoms with E-state index in [1.807, 2.05) is 17.9 Å². The van der Waals surface area contributed by atoms with E-state index >= 15 is 0 Å². The van der Waals surface area contributed by atoms with Gasteiger partial charge in [0.15, 0.2) is 0 Å². The molecule has 0 bridgehead atoms. The number of aliphatic hydroxyl groups excluding tert-OH is 1. The van der Waals surface area contributed by atoms with Crippen molar-refractivity contribution in [1.29, 1.82) is 0 Å². The van der Waals surface area contributed by atoms with Crippen molar-refractivity contribution < 1.29 is 9.90 Å². The maximum Gasteiger partial charge on any atom is 0.254 e. The van der Waals surface area contributed by atoms with Gasteiger partial charge in [-0.2, -0.15) is 0 Å². The summed E-state index contributed by atoms with van der Waals surface area (Å²) in [5.74, 6) is 0.213. The van der Waals surface area contributed by atoms with Crippen LogP contribution in [-0.4, -0.2) is 35.1 Å². The third kappa shape index (κ3) is 2.93. The molecule has 0 spiro atoms. The molecule has 1 fully saturated rings. The summed E-state index contributed by atoms with van der Waals surface area (Å²) in [5, 5.41) is 9.91. The first kappa shape index (κ1) is 14.4. The minimum atomic E-state index is 0.0191. The Morgan fingerprint density at radius 1 is 1.47 bits per heavy atom. The van der Waals surface area contributed by atoms with E-state index in [2.05, 4.69) is 6.92 Å². The fourth-order valence-electron chi connectivity index (χ4n) is 2.61. The Morgan fingerprint density at radius 2 is 2.21 bits per heavy atom. The predicted molar refractivity (Wildman–Crippen MR) is 76.5 cm³/mol. The van der Waals surface area contributed by atoms with E-state index in [0.717, 1.165) is 18.4 Å². The molecule has 0 aliphatic carbocycles. The molecule has 104 valence electrons. The average Bonchev–Trinajstić information content (AvgIpc) is 2.42. The first-order valence-electron chi connectivity index (χ1n) is 6.71. The summed E-state index contributed by atoms with van der Waals surface area (Å²) < 4.78 is 0. The maximum atomic E-state index is 12.6. The van der Waals surface area contributed by atoms with E-state index in [9.17, 15) is 9.90 Å². The van der Waals surface area contributed by atoms with Gasteiger partial charge < -0.3 is 10.0 Å². The molecule has 1 N–H and O–H groups in total. The van der Waals surface area contributed by atoms with Gasteiger partial charge in [0.1, 0.15) is 0 Å². The average molecular weight is 282 g/mol. The Hall–Kier alpha value is -1.06. The quantitative estimate of drug-likeness (QED) is 0.905. The van der Waals surface area contributed by atoms with Gasteiger partial charge in [-0.25, -0.2) is 0 Å². The van der Waals surface area contributed by atoms with Crippen LogP contribution in [0.15, 0.2) is 18.2 Å². The van der Waals surface area contributed by atoms with E-state index < -0.39 is 0 Å². The molecule has 0 aromatic heterocycles. The highest BCUT2D eigenvalue weighted by Gasteiger charge is 2.29. The van der Waals surface area contributed by atoms with Crippen LogP contribution in [0.2, 0.25) is 5.02 Å². The van der Waals surface area contributed by atoms with Crippen LogP contribution < -0.4 is 0 Å². The lowest BCUT2D eigenvalue weighted by atomic mass is 9.93. The second-order valence-corrected chi connectivity index (χ2v) is 5.75. The molecule has 1 heterocycles. The van der Waals surface area contributed by atoms with Gasteiger partial charge in [-0.3, -0.25) is 4.79 Å². The van der Waals surface area contributed by atoms with Crippen LogP contribution in [0.4, 0.5) is 0 Å². The summed E-state index contributed by atoms with van der Waals surface area (Å²) in [5.41, 5.74) is 1.49. The number of amides is 1. The molecule has 19 heavy (non-hydrogen) atoms. The topological polar surface area (TPSA) is 40.5 Å². The molecule has 1 aromatic carbocycles. The molecule has 3 nitrogen and oxygen atoms in total. The zero-order valence-electron chi connectivity index (χ0n) is 11.4. The molecule has 1 amide bonds. The lowest BCUT2D eigenvalue weighted by molar-refractivity contribution is 0.0488. The molecule has 0 radical (unpaired) electrons. The summed E-state index contributed by atoms with van der Waals surface area (Å²) >= 11 is 6.08. The number of carbonyl (C=O) groups is 1. The third-order valence-electron chi connectivity index (χ3n) is 4.00. The van der Waals surface area contributed by atoms with Crippen LogP contribution in [0.1, 0.15) is 35.7 Å². The van der Waals surface area contributed by atoms with Gasteiger partial charge in [0.25, 0.3) is 5.91 Å². The monoisotopic (exact) mass is 281 g/mol. The van der Waals surface area contributed by atoms with E-state index in [1.165, 1.54) is 0 Å². The van der Waals surface area contributed by atoms with Crippen LogP contribution in [-0.2, 0) is 0 Å². The first-order valence-corrected chi connectivity index (χ1v) is 7.09. The second kappa shape index (κ2) is 5.93. The number of aliphatic hydroxyl groups is 1. The maximum absolute atomic E-state index is 12.6. The minimum Gasteiger partial charge on any atom is -0.396 e. The van der Waals surface area contributed by atoms with Gasteiger partial charge in [-0.05, 0) is 50.3 Å². The number of hydrogen-bond donors (Lipinski definition) is 1. The number of halogens is 1. The summed E-state index contributed by atoms with van der Waals surface area (Å²) in [6.45, 7) is 4.70. The van der Waals surface area contributed by atoms with Crippen molar-refractivity contribution in [2.24, 2.45) is 5.92 Å². The van der Waals surface area contributed by atoms with Crippen LogP contribution in [0.25, 0.3) is 0 Å². The Labute approximate surface area is 119 Å². The van der Waals surface area contributed by atoms with Crippen LogP contribution in [0, 0.1) is 12.8 Å². The van der Waals surface area contributed by atoms with Gasteiger partial charge in [0, 0.05) is 29.8 Å². The fraction of sp³-hybridized carbons (Fsp3) is 0.533. The van der Waals surface area contributed by atoms with Gasteiger partial charge in [-0.15, -0.1) is 0 Å². The summed E-state index contributed by atoms with van der Waals surface area (Å²) in [6.07, 6.45) is 1.92. The molecule has 4 heteroatoms. The lowest BCUT2D eigenvalue weighted by Crippen LogP contribution is -2.46. The van der Waals surface area contributed by atoms with Crippen molar-refractivity contribution in [3.63, 3.8) is 0 Å². The number of likely N-dealkylation sites (tertiary alicyclic amines) is 1. The van der Waals surface area contributed by atoms with Crippen molar-refractivity contribution in [2.75, 3.05) is 13.2 Å². The smallest absolute Gasteiger partial charge is 0.254 e. The normalized spacial score (nSPS) is 23.5. The molecule has 1 saturated heterocycles. The summed E-state index contributed by atoms with van der Waals surface area (Å²) in [7, 11) is 0. The first-order chi connectivity index (χ1) is 9.04. The largest absolute Gasteiger partial charge is 0.396 e. The molecule has 2 atom stereocenters. The second-order valence-electron chi connectivity index (χ2n) is 5.34. The van der Waals surface area contributed by atoms with Gasteiger partial charge in [0.05, 0.1) is 0 Å². The van der Waals surface area contributed by atoms with E-state index in [1.54, 1.807) is 12.1 Å². The number of nitrogens with zero attached hydrogens (tertiary/aromatic N) is 1. The SMILES string of the molecule is Cc1c(Cl)cccc1C(=O)N1C[C@@H](CO)CC[C@@H]1C. The lowest BCUT2D eigenvalue weighted by Gasteiger charge is -2.37. The Kier molecular flexibility index (Phi) is 4.48. The number of carbonyl (C=O) groups excluding carboxylic acids is 1. The standard InChI is InChI=1S/C15H20ClNO2/c1-10-6-7-12(9-18)8-17(10)15(19)13-4-3-5-14(16)11(13)2/h3-5,10,12,18H,6-9H2,1-2H3/t10-,12-/m0/s1. The van der Waals surface area contributed by atoms with Gasteiger partial charge in [0.2, 0.25) is 0 Å². The minimum absolute atomic E-state index is 0.0191. The van der Waals surface area contributed by atoms with E-state index in [-0.39, 0.29) is 24.5 Å². The Bertz CT molecular complexity index is 475. The van der Waals surface area contributed by atoms with Crippen LogP contribution >= 0.6 is 11.6 Å². The predicted octanol–water partition coefficient (Wildman–Crippen LogP) is 2.88. The number of hydrogen-bond acceptors (Lipinski definition) is 2. The van der Waals surface area contributed by atoms with Crippen LogP contribution in [0.3, 0.4) is 0 Å². The highest BCUT2D eigenvalue weighted by atomic mass is 35.5.